The van der Waals surface area contributed by atoms with Crippen LogP contribution in [0.5, 0.6) is 0 Å². The van der Waals surface area contributed by atoms with Crippen LogP contribution in [0.15, 0.2) is 29.3 Å². The average Bonchev–Trinajstić information content (AvgIpc) is 3.03. The molecule has 152 valence electrons. The van der Waals surface area contributed by atoms with Crippen LogP contribution in [0.2, 0.25) is 0 Å². The molecule has 0 bridgehead atoms. The Labute approximate surface area is 173 Å². The summed E-state index contributed by atoms with van der Waals surface area (Å²) < 4.78 is 0. The normalized spacial score (nSPS) is 15.6. The van der Waals surface area contributed by atoms with Crippen molar-refractivity contribution in [3.63, 3.8) is 0 Å². The van der Waals surface area contributed by atoms with Crippen LogP contribution < -0.4 is 10.6 Å². The minimum Gasteiger partial charge on any atom is -0.356 e. The van der Waals surface area contributed by atoms with Crippen LogP contribution >= 0.6 is 11.3 Å². The molecule has 1 aromatic carbocycles. The molecule has 3 rings (SSSR count). The number of nitrogens with one attached hydrogen (secondary N) is 2. The van der Waals surface area contributed by atoms with Crippen molar-refractivity contribution in [3.05, 3.63) is 51.0 Å². The molecule has 28 heavy (non-hydrogen) atoms. The molecule has 2 heterocycles. The topological polar surface area (TPSA) is 52.6 Å². The molecule has 2 N–H and O–H groups in total. The van der Waals surface area contributed by atoms with Crippen LogP contribution in [0.3, 0.4) is 0 Å². The number of guanidine groups is 1. The first-order valence-electron chi connectivity index (χ1n) is 10.3. The van der Waals surface area contributed by atoms with Crippen LogP contribution in [-0.2, 0) is 19.5 Å². The van der Waals surface area contributed by atoms with E-state index in [4.69, 9.17) is 0 Å². The summed E-state index contributed by atoms with van der Waals surface area (Å²) in [7, 11) is 1.82. The molecule has 5 nitrogen and oxygen atoms in total. The molecule has 6 heteroatoms. The zero-order chi connectivity index (χ0) is 19.8. The van der Waals surface area contributed by atoms with Gasteiger partial charge in [0.15, 0.2) is 5.96 Å². The van der Waals surface area contributed by atoms with Gasteiger partial charge in [-0.3, -0.25) is 9.89 Å². The number of hydrogen-bond acceptors (Lipinski definition) is 4. The molecular weight excluding hydrogens is 366 g/mol. The lowest BCUT2D eigenvalue weighted by Crippen LogP contribution is -2.37. The molecule has 2 aromatic rings. The van der Waals surface area contributed by atoms with E-state index >= 15 is 0 Å². The third kappa shape index (κ3) is 6.31. The van der Waals surface area contributed by atoms with Crippen LogP contribution in [0.25, 0.3) is 0 Å². The highest BCUT2D eigenvalue weighted by molar-refractivity contribution is 7.11. The van der Waals surface area contributed by atoms with Crippen molar-refractivity contribution in [1.82, 2.24) is 20.5 Å². The van der Waals surface area contributed by atoms with Crippen LogP contribution in [0.4, 0.5) is 0 Å². The van der Waals surface area contributed by atoms with Crippen LogP contribution in [0.1, 0.15) is 46.0 Å². The predicted octanol–water partition coefficient (Wildman–Crippen LogP) is 3.65. The van der Waals surface area contributed by atoms with Crippen molar-refractivity contribution in [2.75, 3.05) is 26.7 Å². The number of benzene rings is 1. The predicted molar refractivity (Wildman–Crippen MR) is 119 cm³/mol. The van der Waals surface area contributed by atoms with Gasteiger partial charge in [-0.1, -0.05) is 30.7 Å². The quantitative estimate of drug-likeness (QED) is 0.551. The molecule has 1 saturated heterocycles. The summed E-state index contributed by atoms with van der Waals surface area (Å²) in [5.41, 5.74) is 3.83. The Hall–Kier alpha value is -1.92. The Bertz CT molecular complexity index is 760. The highest BCUT2D eigenvalue weighted by atomic mass is 32.1. The van der Waals surface area contributed by atoms with E-state index in [2.05, 4.69) is 63.6 Å². The average molecular weight is 400 g/mol. The first kappa shape index (κ1) is 20.8. The first-order chi connectivity index (χ1) is 13.6. The van der Waals surface area contributed by atoms with Gasteiger partial charge in [-0.2, -0.15) is 0 Å². The Morgan fingerprint density at radius 2 is 1.79 bits per heavy atom. The highest BCUT2D eigenvalue weighted by Crippen LogP contribution is 2.17. The smallest absolute Gasteiger partial charge is 0.191 e. The van der Waals surface area contributed by atoms with E-state index in [1.807, 2.05) is 7.05 Å². The number of likely N-dealkylation sites (tertiary alicyclic amines) is 1. The maximum atomic E-state index is 4.49. The second-order valence-corrected chi connectivity index (χ2v) is 8.79. The van der Waals surface area contributed by atoms with Gasteiger partial charge in [0.25, 0.3) is 0 Å². The van der Waals surface area contributed by atoms with E-state index in [0.717, 1.165) is 42.7 Å². The summed E-state index contributed by atoms with van der Waals surface area (Å²) in [6.45, 7) is 9.35. The molecule has 1 aromatic heterocycles. The molecule has 0 amide bonds. The Morgan fingerprint density at radius 3 is 2.43 bits per heavy atom. The number of thiazole rings is 1. The van der Waals surface area contributed by atoms with Gasteiger partial charge in [-0.25, -0.2) is 4.98 Å². The van der Waals surface area contributed by atoms with Crippen LogP contribution in [0, 0.1) is 13.8 Å². The summed E-state index contributed by atoms with van der Waals surface area (Å²) in [5.74, 6) is 0.844. The van der Waals surface area contributed by atoms with E-state index in [1.165, 1.54) is 48.4 Å². The molecule has 1 aliphatic rings. The van der Waals surface area contributed by atoms with E-state index in [9.17, 15) is 0 Å². The molecule has 0 aliphatic carbocycles. The second kappa shape index (κ2) is 10.6. The fourth-order valence-corrected chi connectivity index (χ4v) is 4.58. The molecule has 0 atom stereocenters. The largest absolute Gasteiger partial charge is 0.356 e. The van der Waals surface area contributed by atoms with E-state index in [1.54, 1.807) is 11.3 Å². The van der Waals surface area contributed by atoms with Crippen molar-refractivity contribution < 1.29 is 0 Å². The lowest BCUT2D eigenvalue weighted by Gasteiger charge is -2.26. The summed E-state index contributed by atoms with van der Waals surface area (Å²) in [4.78, 5) is 12.7. The molecular formula is C22H33N5S. The zero-order valence-corrected chi connectivity index (χ0v) is 18.2. The van der Waals surface area contributed by atoms with Crippen molar-refractivity contribution >= 4 is 17.3 Å². The Kier molecular flexibility index (Phi) is 7.86. The lowest BCUT2D eigenvalue weighted by atomic mass is 10.1. The molecule has 0 unspecified atom stereocenters. The van der Waals surface area contributed by atoms with Gasteiger partial charge in [-0.05, 0) is 50.9 Å². The van der Waals surface area contributed by atoms with Gasteiger partial charge >= 0.3 is 0 Å². The monoisotopic (exact) mass is 399 g/mol. The first-order valence-corrected chi connectivity index (χ1v) is 11.1. The van der Waals surface area contributed by atoms with E-state index in [-0.39, 0.29) is 0 Å². The number of piperidine rings is 1. The Morgan fingerprint density at radius 1 is 1.07 bits per heavy atom. The molecule has 0 radical (unpaired) electrons. The highest BCUT2D eigenvalue weighted by Gasteiger charge is 2.10. The molecule has 1 aliphatic heterocycles. The lowest BCUT2D eigenvalue weighted by molar-refractivity contribution is 0.221. The number of hydrogen-bond donors (Lipinski definition) is 2. The van der Waals surface area contributed by atoms with Gasteiger partial charge in [0.1, 0.15) is 0 Å². The van der Waals surface area contributed by atoms with Gasteiger partial charge in [-0.15, -0.1) is 11.3 Å². The zero-order valence-electron chi connectivity index (χ0n) is 17.4. The number of aromatic nitrogens is 1. The third-order valence-electron chi connectivity index (χ3n) is 5.21. The van der Waals surface area contributed by atoms with E-state index < -0.39 is 0 Å². The van der Waals surface area contributed by atoms with Crippen molar-refractivity contribution in [2.24, 2.45) is 4.99 Å². The Balaban J connectivity index is 1.41. The second-order valence-electron chi connectivity index (χ2n) is 7.50. The summed E-state index contributed by atoms with van der Waals surface area (Å²) >= 11 is 1.78. The summed E-state index contributed by atoms with van der Waals surface area (Å²) in [6, 6.07) is 8.97. The number of rotatable bonds is 7. The van der Waals surface area contributed by atoms with Crippen molar-refractivity contribution in [1.29, 1.82) is 0 Å². The third-order valence-corrected chi connectivity index (χ3v) is 6.34. The number of nitrogens with zero attached hydrogens (tertiary/aromatic N) is 3. The number of aryl methyl sites for hydroxylation is 2. The van der Waals surface area contributed by atoms with Gasteiger partial charge in [0, 0.05) is 38.0 Å². The standard InChI is InChI=1S/C22H33N5S/c1-17-21(28-18(2)26-17)11-12-24-22(23-3)25-15-19-7-9-20(10-8-19)16-27-13-5-4-6-14-27/h7-10H,4-6,11-16H2,1-3H3,(H2,23,24,25). The fourth-order valence-electron chi connectivity index (χ4n) is 3.64. The fraction of sp³-hybridized carbons (Fsp3) is 0.545. The molecule has 0 spiro atoms. The van der Waals surface area contributed by atoms with E-state index in [0.29, 0.717) is 0 Å². The SMILES string of the molecule is CN=C(NCCc1sc(C)nc1C)NCc1ccc(CN2CCCCC2)cc1. The van der Waals surface area contributed by atoms with Crippen molar-refractivity contribution in [2.45, 2.75) is 52.6 Å². The van der Waals surface area contributed by atoms with Crippen molar-refractivity contribution in [3.8, 4) is 0 Å². The van der Waals surface area contributed by atoms with Gasteiger partial charge in [0.05, 0.1) is 10.7 Å². The molecule has 0 saturated carbocycles. The number of aliphatic imine (C=N–C) groups is 1. The maximum Gasteiger partial charge on any atom is 0.191 e. The maximum absolute atomic E-state index is 4.49. The minimum absolute atomic E-state index is 0.780. The summed E-state index contributed by atoms with van der Waals surface area (Å²) in [6.07, 6.45) is 5.05. The van der Waals surface area contributed by atoms with Gasteiger partial charge < -0.3 is 10.6 Å². The minimum atomic E-state index is 0.780. The molecule has 1 fully saturated rings. The van der Waals surface area contributed by atoms with Crippen LogP contribution in [-0.4, -0.2) is 42.5 Å². The summed E-state index contributed by atoms with van der Waals surface area (Å²) in [5, 5.41) is 7.95. The van der Waals surface area contributed by atoms with Gasteiger partial charge in [0.2, 0.25) is 0 Å².